The lowest BCUT2D eigenvalue weighted by Gasteiger charge is -2.21. The van der Waals surface area contributed by atoms with Crippen LogP contribution >= 0.6 is 0 Å². The number of aliphatic hydroxyl groups excluding tert-OH is 2. The van der Waals surface area contributed by atoms with Gasteiger partial charge >= 0.3 is 0 Å². The third-order valence-electron chi connectivity index (χ3n) is 2.32. The van der Waals surface area contributed by atoms with E-state index in [2.05, 4.69) is 13.2 Å². The summed E-state index contributed by atoms with van der Waals surface area (Å²) in [4.78, 5) is 0. The van der Waals surface area contributed by atoms with Gasteiger partial charge in [-0.25, -0.2) is 0 Å². The second-order valence-corrected chi connectivity index (χ2v) is 4.02. The van der Waals surface area contributed by atoms with Gasteiger partial charge in [0.05, 0.1) is 0 Å². The highest BCUT2D eigenvalue weighted by Gasteiger charge is 2.46. The first-order valence-corrected chi connectivity index (χ1v) is 4.88. The summed E-state index contributed by atoms with van der Waals surface area (Å²) in [7, 11) is 0. The highest BCUT2D eigenvalue weighted by Crippen LogP contribution is 2.32. The predicted octanol–water partition coefficient (Wildman–Crippen LogP) is 0.600. The van der Waals surface area contributed by atoms with Gasteiger partial charge in [0.1, 0.15) is 24.4 Å². The summed E-state index contributed by atoms with van der Waals surface area (Å²) in [5.74, 6) is -0.816. The zero-order valence-electron chi connectivity index (χ0n) is 9.09. The van der Waals surface area contributed by atoms with Crippen molar-refractivity contribution in [2.24, 2.45) is 0 Å². The molecule has 1 fully saturated rings. The number of ether oxygens (including phenoxy) is 2. The van der Waals surface area contributed by atoms with Gasteiger partial charge in [-0.15, -0.1) is 13.2 Å². The molecule has 0 aromatic heterocycles. The van der Waals surface area contributed by atoms with Crippen LogP contribution in [0.4, 0.5) is 0 Å². The highest BCUT2D eigenvalue weighted by molar-refractivity contribution is 5.00. The van der Waals surface area contributed by atoms with Crippen LogP contribution in [0.1, 0.15) is 13.8 Å². The molecule has 4 nitrogen and oxygen atoms in total. The summed E-state index contributed by atoms with van der Waals surface area (Å²) in [6, 6.07) is 0. The third kappa shape index (κ3) is 2.66. The van der Waals surface area contributed by atoms with Crippen molar-refractivity contribution >= 4 is 0 Å². The van der Waals surface area contributed by atoms with Crippen LogP contribution in [0.15, 0.2) is 25.3 Å². The molecule has 0 saturated carbocycles. The van der Waals surface area contributed by atoms with Gasteiger partial charge in [0.15, 0.2) is 5.79 Å². The molecule has 15 heavy (non-hydrogen) atoms. The Morgan fingerprint density at radius 1 is 1.07 bits per heavy atom. The quantitative estimate of drug-likeness (QED) is 0.673. The van der Waals surface area contributed by atoms with Gasteiger partial charge in [-0.1, -0.05) is 12.2 Å². The molecule has 0 aliphatic carbocycles. The SMILES string of the molecule is C=C[C@H](O)C1OC(C)(C)O[C@H]1[C@@H](O)C=C. The Morgan fingerprint density at radius 2 is 1.40 bits per heavy atom. The van der Waals surface area contributed by atoms with Crippen molar-refractivity contribution in [1.29, 1.82) is 0 Å². The Kier molecular flexibility index (Phi) is 3.67. The molecule has 1 unspecified atom stereocenters. The fourth-order valence-electron chi connectivity index (χ4n) is 1.61. The molecule has 1 rings (SSSR count). The maximum absolute atomic E-state index is 9.64. The van der Waals surface area contributed by atoms with Gasteiger partial charge in [-0.3, -0.25) is 0 Å². The van der Waals surface area contributed by atoms with Crippen LogP contribution in [0.3, 0.4) is 0 Å². The van der Waals surface area contributed by atoms with E-state index in [-0.39, 0.29) is 0 Å². The van der Waals surface area contributed by atoms with Crippen LogP contribution in [0, 0.1) is 0 Å². The minimum absolute atomic E-state index is 0.620. The largest absolute Gasteiger partial charge is 0.386 e. The van der Waals surface area contributed by atoms with Crippen LogP contribution in [0.5, 0.6) is 0 Å². The monoisotopic (exact) mass is 214 g/mol. The summed E-state index contributed by atoms with van der Waals surface area (Å²) >= 11 is 0. The van der Waals surface area contributed by atoms with Crippen molar-refractivity contribution in [2.75, 3.05) is 0 Å². The Balaban J connectivity index is 2.83. The first-order valence-electron chi connectivity index (χ1n) is 4.88. The summed E-state index contributed by atoms with van der Waals surface area (Å²) in [5.41, 5.74) is 0. The second-order valence-electron chi connectivity index (χ2n) is 4.02. The first-order chi connectivity index (χ1) is 6.91. The molecule has 0 aromatic carbocycles. The number of aliphatic hydroxyl groups is 2. The van der Waals surface area contributed by atoms with Crippen LogP contribution in [0.25, 0.3) is 0 Å². The molecule has 1 aliphatic rings. The normalized spacial score (nSPS) is 33.3. The molecule has 0 aromatic rings. The van der Waals surface area contributed by atoms with Crippen LogP contribution in [-0.4, -0.2) is 40.4 Å². The summed E-state index contributed by atoms with van der Waals surface area (Å²) in [6.07, 6.45) is -0.259. The maximum Gasteiger partial charge on any atom is 0.164 e. The third-order valence-corrected chi connectivity index (χ3v) is 2.32. The Bertz CT molecular complexity index is 225. The maximum atomic E-state index is 9.64. The van der Waals surface area contributed by atoms with E-state index in [9.17, 15) is 10.2 Å². The van der Waals surface area contributed by atoms with E-state index < -0.39 is 30.2 Å². The minimum atomic E-state index is -0.869. The van der Waals surface area contributed by atoms with Gasteiger partial charge in [-0.2, -0.15) is 0 Å². The number of hydrogen-bond donors (Lipinski definition) is 2. The van der Waals surface area contributed by atoms with Gasteiger partial charge in [0, 0.05) is 0 Å². The number of hydrogen-bond acceptors (Lipinski definition) is 4. The fourth-order valence-corrected chi connectivity index (χ4v) is 1.61. The molecule has 0 spiro atoms. The molecule has 86 valence electrons. The Hall–Kier alpha value is -0.680. The van der Waals surface area contributed by atoms with Crippen molar-refractivity contribution in [3.05, 3.63) is 25.3 Å². The van der Waals surface area contributed by atoms with E-state index in [0.717, 1.165) is 0 Å². The average molecular weight is 214 g/mol. The molecule has 4 heteroatoms. The molecule has 1 saturated heterocycles. The van der Waals surface area contributed by atoms with Crippen LogP contribution < -0.4 is 0 Å². The van der Waals surface area contributed by atoms with E-state index in [1.165, 1.54) is 12.2 Å². The molecule has 0 bridgehead atoms. The van der Waals surface area contributed by atoms with Gasteiger partial charge in [-0.05, 0) is 13.8 Å². The van der Waals surface area contributed by atoms with Crippen molar-refractivity contribution in [3.8, 4) is 0 Å². The predicted molar refractivity (Wildman–Crippen MR) is 56.2 cm³/mol. The van der Waals surface area contributed by atoms with Crippen molar-refractivity contribution in [1.82, 2.24) is 0 Å². The van der Waals surface area contributed by atoms with Gasteiger partial charge < -0.3 is 19.7 Å². The summed E-state index contributed by atoms with van der Waals surface area (Å²) < 4.78 is 11.0. The van der Waals surface area contributed by atoms with Crippen molar-refractivity contribution < 1.29 is 19.7 Å². The van der Waals surface area contributed by atoms with Gasteiger partial charge in [0.2, 0.25) is 0 Å². The zero-order chi connectivity index (χ0) is 11.6. The second kappa shape index (κ2) is 4.45. The lowest BCUT2D eigenvalue weighted by molar-refractivity contribution is -0.157. The van der Waals surface area contributed by atoms with E-state index >= 15 is 0 Å². The molecule has 1 heterocycles. The van der Waals surface area contributed by atoms with Crippen LogP contribution in [0.2, 0.25) is 0 Å². The van der Waals surface area contributed by atoms with Crippen molar-refractivity contribution in [2.45, 2.75) is 44.1 Å². The average Bonchev–Trinajstić information content (AvgIpc) is 2.52. The molecule has 1 aliphatic heterocycles. The fraction of sp³-hybridized carbons (Fsp3) is 0.636. The van der Waals surface area contributed by atoms with E-state index in [4.69, 9.17) is 9.47 Å². The standard InChI is InChI=1S/C11H18O4/c1-5-7(12)9-10(8(13)6-2)15-11(3,4)14-9/h5-10,12-13H,1-2H2,3-4H3/t7-,8-,9-,10?/m0/s1. The molecular weight excluding hydrogens is 196 g/mol. The zero-order valence-corrected chi connectivity index (χ0v) is 9.09. The minimum Gasteiger partial charge on any atom is -0.386 e. The lowest BCUT2D eigenvalue weighted by atomic mass is 10.0. The molecule has 0 amide bonds. The smallest absolute Gasteiger partial charge is 0.164 e. The lowest BCUT2D eigenvalue weighted by Crippen LogP contribution is -2.40. The molecule has 2 N–H and O–H groups in total. The topological polar surface area (TPSA) is 58.9 Å². The van der Waals surface area contributed by atoms with Crippen LogP contribution in [-0.2, 0) is 9.47 Å². The molecular formula is C11H18O4. The van der Waals surface area contributed by atoms with Gasteiger partial charge in [0.25, 0.3) is 0 Å². The summed E-state index contributed by atoms with van der Waals surface area (Å²) in [6.45, 7) is 10.4. The highest BCUT2D eigenvalue weighted by atomic mass is 16.8. The molecule has 0 radical (unpaired) electrons. The van der Waals surface area contributed by atoms with E-state index in [1.54, 1.807) is 13.8 Å². The Labute approximate surface area is 89.8 Å². The Morgan fingerprint density at radius 3 is 1.67 bits per heavy atom. The van der Waals surface area contributed by atoms with E-state index in [0.29, 0.717) is 0 Å². The summed E-state index contributed by atoms with van der Waals surface area (Å²) in [5, 5.41) is 19.3. The van der Waals surface area contributed by atoms with E-state index in [1.807, 2.05) is 0 Å². The van der Waals surface area contributed by atoms with Crippen molar-refractivity contribution in [3.63, 3.8) is 0 Å². The molecule has 4 atom stereocenters. The number of rotatable bonds is 4. The first kappa shape index (κ1) is 12.4.